The molecule has 2 rings (SSSR count). The van der Waals surface area contributed by atoms with Crippen LogP contribution in [0, 0.1) is 6.92 Å². The molecule has 90 valence electrons. The maximum atomic E-state index is 6.23. The lowest BCUT2D eigenvalue weighted by molar-refractivity contribution is 0.155. The van der Waals surface area contributed by atoms with Crippen molar-refractivity contribution in [2.75, 3.05) is 26.2 Å². The van der Waals surface area contributed by atoms with Gasteiger partial charge in [-0.3, -0.25) is 4.90 Å². The maximum absolute atomic E-state index is 6.23. The molecule has 4 heteroatoms. The molecule has 1 aliphatic heterocycles. The minimum absolute atomic E-state index is 0.0354. The molecule has 1 fully saturated rings. The highest BCUT2D eigenvalue weighted by molar-refractivity contribution is 5.11. The molecule has 16 heavy (non-hydrogen) atoms. The SMILES string of the molecule is Cc1ccc(C(N)C(C)N2CCNCC2)o1. The minimum atomic E-state index is -0.0354. The average Bonchev–Trinajstić information content (AvgIpc) is 2.75. The van der Waals surface area contributed by atoms with E-state index in [1.54, 1.807) is 0 Å². The van der Waals surface area contributed by atoms with Gasteiger partial charge in [-0.05, 0) is 26.0 Å². The van der Waals surface area contributed by atoms with Gasteiger partial charge in [-0.2, -0.15) is 0 Å². The third-order valence-corrected chi connectivity index (χ3v) is 3.34. The van der Waals surface area contributed by atoms with E-state index in [1.165, 1.54) is 0 Å². The second kappa shape index (κ2) is 4.99. The topological polar surface area (TPSA) is 54.4 Å². The number of rotatable bonds is 3. The van der Waals surface area contributed by atoms with Crippen LogP contribution in [0.25, 0.3) is 0 Å². The minimum Gasteiger partial charge on any atom is -0.465 e. The highest BCUT2D eigenvalue weighted by atomic mass is 16.3. The number of nitrogens with one attached hydrogen (secondary N) is 1. The van der Waals surface area contributed by atoms with Crippen LogP contribution in [0.3, 0.4) is 0 Å². The molecule has 1 aliphatic rings. The Labute approximate surface area is 96.8 Å². The van der Waals surface area contributed by atoms with Gasteiger partial charge in [0.2, 0.25) is 0 Å². The Morgan fingerprint density at radius 1 is 1.38 bits per heavy atom. The van der Waals surface area contributed by atoms with Gasteiger partial charge >= 0.3 is 0 Å². The van der Waals surface area contributed by atoms with Crippen LogP contribution < -0.4 is 11.1 Å². The van der Waals surface area contributed by atoms with Crippen LogP contribution in [0.15, 0.2) is 16.5 Å². The van der Waals surface area contributed by atoms with Gasteiger partial charge < -0.3 is 15.5 Å². The van der Waals surface area contributed by atoms with Crippen molar-refractivity contribution in [1.82, 2.24) is 10.2 Å². The van der Waals surface area contributed by atoms with E-state index in [0.29, 0.717) is 6.04 Å². The Kier molecular flexibility index (Phi) is 3.63. The number of furan rings is 1. The molecule has 0 aliphatic carbocycles. The first-order chi connectivity index (χ1) is 7.68. The second-order valence-electron chi connectivity index (χ2n) is 4.50. The standard InChI is InChI=1S/C12H21N3O/c1-9-3-4-11(16-9)12(13)10(2)15-7-5-14-6-8-15/h3-4,10,12,14H,5-8,13H2,1-2H3. The Morgan fingerprint density at radius 2 is 2.06 bits per heavy atom. The Morgan fingerprint density at radius 3 is 2.62 bits per heavy atom. The van der Waals surface area contributed by atoms with Gasteiger partial charge in [-0.1, -0.05) is 0 Å². The maximum Gasteiger partial charge on any atom is 0.122 e. The van der Waals surface area contributed by atoms with Gasteiger partial charge in [0, 0.05) is 32.2 Å². The fraction of sp³-hybridized carbons (Fsp3) is 0.667. The van der Waals surface area contributed by atoms with Crippen LogP contribution in [0.5, 0.6) is 0 Å². The molecular formula is C12H21N3O. The van der Waals surface area contributed by atoms with Gasteiger partial charge in [-0.25, -0.2) is 0 Å². The van der Waals surface area contributed by atoms with E-state index in [-0.39, 0.29) is 6.04 Å². The summed E-state index contributed by atoms with van der Waals surface area (Å²) >= 11 is 0. The molecule has 1 saturated heterocycles. The zero-order valence-electron chi connectivity index (χ0n) is 10.1. The van der Waals surface area contributed by atoms with Crippen LogP contribution in [0.2, 0.25) is 0 Å². The molecule has 0 spiro atoms. The number of nitrogens with two attached hydrogens (primary N) is 1. The molecule has 1 aromatic heterocycles. The second-order valence-corrected chi connectivity index (χ2v) is 4.50. The lowest BCUT2D eigenvalue weighted by Gasteiger charge is -2.35. The lowest BCUT2D eigenvalue weighted by atomic mass is 10.1. The summed E-state index contributed by atoms with van der Waals surface area (Å²) in [5, 5.41) is 3.35. The lowest BCUT2D eigenvalue weighted by Crippen LogP contribution is -2.50. The number of hydrogen-bond acceptors (Lipinski definition) is 4. The summed E-state index contributed by atoms with van der Waals surface area (Å²) in [7, 11) is 0. The first kappa shape index (κ1) is 11.6. The third kappa shape index (κ3) is 2.45. The van der Waals surface area contributed by atoms with Crippen LogP contribution in [0.4, 0.5) is 0 Å². The molecule has 2 unspecified atom stereocenters. The zero-order chi connectivity index (χ0) is 11.5. The van der Waals surface area contributed by atoms with Crippen LogP contribution in [-0.2, 0) is 0 Å². The first-order valence-electron chi connectivity index (χ1n) is 5.95. The molecule has 1 aromatic rings. The molecule has 0 bridgehead atoms. The number of hydrogen-bond donors (Lipinski definition) is 2. The average molecular weight is 223 g/mol. The monoisotopic (exact) mass is 223 g/mol. The van der Waals surface area contributed by atoms with Crippen molar-refractivity contribution in [3.05, 3.63) is 23.7 Å². The smallest absolute Gasteiger partial charge is 0.122 e. The van der Waals surface area contributed by atoms with E-state index in [2.05, 4.69) is 17.1 Å². The number of aryl methyl sites for hydroxylation is 1. The fourth-order valence-electron chi connectivity index (χ4n) is 2.19. The Hall–Kier alpha value is -0.840. The molecule has 2 heterocycles. The summed E-state index contributed by atoms with van der Waals surface area (Å²) in [5.41, 5.74) is 6.23. The summed E-state index contributed by atoms with van der Waals surface area (Å²) in [6, 6.07) is 4.25. The van der Waals surface area contributed by atoms with Crippen LogP contribution >= 0.6 is 0 Å². The summed E-state index contributed by atoms with van der Waals surface area (Å²) in [5.74, 6) is 1.82. The van der Waals surface area contributed by atoms with Gasteiger partial charge in [0.25, 0.3) is 0 Å². The quantitative estimate of drug-likeness (QED) is 0.799. The Bertz CT molecular complexity index is 331. The molecular weight excluding hydrogens is 202 g/mol. The van der Waals surface area contributed by atoms with Crippen molar-refractivity contribution in [3.8, 4) is 0 Å². The van der Waals surface area contributed by atoms with Crippen molar-refractivity contribution >= 4 is 0 Å². The van der Waals surface area contributed by atoms with Crippen molar-refractivity contribution < 1.29 is 4.42 Å². The summed E-state index contributed by atoms with van der Waals surface area (Å²) < 4.78 is 5.59. The molecule has 3 N–H and O–H groups in total. The van der Waals surface area contributed by atoms with Crippen molar-refractivity contribution in [2.24, 2.45) is 5.73 Å². The Balaban J connectivity index is 2.00. The fourth-order valence-corrected chi connectivity index (χ4v) is 2.19. The van der Waals surface area contributed by atoms with Crippen molar-refractivity contribution in [3.63, 3.8) is 0 Å². The van der Waals surface area contributed by atoms with Crippen LogP contribution in [0.1, 0.15) is 24.5 Å². The molecule has 0 amide bonds. The zero-order valence-corrected chi connectivity index (χ0v) is 10.1. The summed E-state index contributed by atoms with van der Waals surface area (Å²) in [6.45, 7) is 8.35. The predicted molar refractivity (Wildman–Crippen MR) is 64.3 cm³/mol. The predicted octanol–water partition coefficient (Wildman–Crippen LogP) is 0.882. The van der Waals surface area contributed by atoms with Gasteiger partial charge in [0.15, 0.2) is 0 Å². The van der Waals surface area contributed by atoms with Gasteiger partial charge in [-0.15, -0.1) is 0 Å². The van der Waals surface area contributed by atoms with E-state index in [4.69, 9.17) is 10.2 Å². The van der Waals surface area contributed by atoms with E-state index in [1.807, 2.05) is 19.1 Å². The molecule has 0 aromatic carbocycles. The molecule has 0 saturated carbocycles. The van der Waals surface area contributed by atoms with E-state index in [9.17, 15) is 0 Å². The molecule has 2 atom stereocenters. The highest BCUT2D eigenvalue weighted by Crippen LogP contribution is 2.20. The number of piperazine rings is 1. The van der Waals surface area contributed by atoms with Crippen molar-refractivity contribution in [2.45, 2.75) is 25.9 Å². The largest absolute Gasteiger partial charge is 0.465 e. The van der Waals surface area contributed by atoms with Crippen LogP contribution in [-0.4, -0.2) is 37.1 Å². The van der Waals surface area contributed by atoms with Gasteiger partial charge in [0.1, 0.15) is 11.5 Å². The van der Waals surface area contributed by atoms with E-state index < -0.39 is 0 Å². The van der Waals surface area contributed by atoms with Gasteiger partial charge in [0.05, 0.1) is 6.04 Å². The highest BCUT2D eigenvalue weighted by Gasteiger charge is 2.24. The van der Waals surface area contributed by atoms with E-state index in [0.717, 1.165) is 37.7 Å². The summed E-state index contributed by atoms with van der Waals surface area (Å²) in [6.07, 6.45) is 0. The van der Waals surface area contributed by atoms with E-state index >= 15 is 0 Å². The number of nitrogens with zero attached hydrogens (tertiary/aromatic N) is 1. The first-order valence-corrected chi connectivity index (χ1v) is 5.95. The molecule has 4 nitrogen and oxygen atoms in total. The molecule has 0 radical (unpaired) electrons. The third-order valence-electron chi connectivity index (χ3n) is 3.34. The normalized spacial score (nSPS) is 21.9. The summed E-state index contributed by atoms with van der Waals surface area (Å²) in [4.78, 5) is 2.42. The van der Waals surface area contributed by atoms with Crippen molar-refractivity contribution in [1.29, 1.82) is 0 Å².